The smallest absolute Gasteiger partial charge is 0.343 e. The molecule has 0 spiro atoms. The van der Waals surface area contributed by atoms with Crippen molar-refractivity contribution in [2.24, 2.45) is 0 Å². The number of rotatable bonds is 5. The zero-order chi connectivity index (χ0) is 14.7. The molecule has 0 aliphatic rings. The highest BCUT2D eigenvalue weighted by molar-refractivity contribution is 7.15. The Kier molecular flexibility index (Phi) is 4.31. The first-order valence-corrected chi connectivity index (χ1v) is 6.74. The molecule has 0 saturated heterocycles. The number of nitro groups is 1. The van der Waals surface area contributed by atoms with Crippen molar-refractivity contribution in [3.63, 3.8) is 0 Å². The molecule has 1 unspecified atom stereocenters. The van der Waals surface area contributed by atoms with Crippen LogP contribution < -0.4 is 0 Å². The summed E-state index contributed by atoms with van der Waals surface area (Å²) in [6, 6.07) is 6.78. The van der Waals surface area contributed by atoms with E-state index in [0.29, 0.717) is 5.02 Å². The number of aliphatic carboxylic acids is 1. The molecule has 1 aromatic heterocycles. The molecule has 0 saturated carbocycles. The fourth-order valence-corrected chi connectivity index (χ4v) is 2.61. The summed E-state index contributed by atoms with van der Waals surface area (Å²) < 4.78 is 0. The molecule has 1 heterocycles. The van der Waals surface area contributed by atoms with E-state index in [-0.39, 0.29) is 16.4 Å². The first kappa shape index (κ1) is 14.4. The van der Waals surface area contributed by atoms with Crippen LogP contribution in [0.3, 0.4) is 0 Å². The Hall–Kier alpha value is -1.99. The normalized spacial score (nSPS) is 12.1. The molecule has 8 heteroatoms. The zero-order valence-electron chi connectivity index (χ0n) is 10.0. The lowest BCUT2D eigenvalue weighted by Gasteiger charge is -2.09. The summed E-state index contributed by atoms with van der Waals surface area (Å²) in [5, 5.41) is 20.5. The third kappa shape index (κ3) is 3.31. The van der Waals surface area contributed by atoms with Crippen molar-refractivity contribution in [2.45, 2.75) is 12.3 Å². The van der Waals surface area contributed by atoms with Gasteiger partial charge < -0.3 is 5.11 Å². The molecule has 2 rings (SSSR count). The number of aromatic nitrogens is 1. The molecule has 1 aromatic carbocycles. The second-order valence-corrected chi connectivity index (χ2v) is 5.49. The van der Waals surface area contributed by atoms with Crippen LogP contribution in [0.5, 0.6) is 0 Å². The molecule has 1 atom stereocenters. The molecule has 0 aliphatic carbocycles. The maximum atomic E-state index is 11.3. The van der Waals surface area contributed by atoms with Crippen molar-refractivity contribution < 1.29 is 14.8 Å². The van der Waals surface area contributed by atoms with Gasteiger partial charge in [0.2, 0.25) is 0 Å². The maximum absolute atomic E-state index is 11.3. The van der Waals surface area contributed by atoms with Crippen molar-refractivity contribution >= 4 is 33.9 Å². The number of carboxylic acid groups (broad SMARTS) is 1. The van der Waals surface area contributed by atoms with E-state index < -0.39 is 16.8 Å². The summed E-state index contributed by atoms with van der Waals surface area (Å²) in [5.41, 5.74) is 0.777. The van der Waals surface area contributed by atoms with E-state index in [1.54, 1.807) is 24.3 Å². The van der Waals surface area contributed by atoms with Crippen LogP contribution in [0, 0.1) is 10.1 Å². The van der Waals surface area contributed by atoms with Crippen molar-refractivity contribution in [2.75, 3.05) is 0 Å². The predicted molar refractivity (Wildman–Crippen MR) is 74.3 cm³/mol. The number of halogens is 1. The highest BCUT2D eigenvalue weighted by Gasteiger charge is 2.26. The fraction of sp³-hybridized carbons (Fsp3) is 0.167. The Balaban J connectivity index is 2.24. The fourth-order valence-electron chi connectivity index (χ4n) is 1.66. The van der Waals surface area contributed by atoms with Crippen LogP contribution in [0.4, 0.5) is 5.00 Å². The highest BCUT2D eigenvalue weighted by Crippen LogP contribution is 2.30. The second-order valence-electron chi connectivity index (χ2n) is 4.02. The van der Waals surface area contributed by atoms with Gasteiger partial charge in [0, 0.05) is 5.02 Å². The van der Waals surface area contributed by atoms with Gasteiger partial charge in [-0.25, -0.2) is 4.98 Å². The standard InChI is InChI=1S/C12H9ClN2O4S/c13-8-3-1-7(2-4-8)5-9(12(16)17)11-14-6-10(20-11)15(18)19/h1-4,6,9H,5H2,(H,16,17). The average Bonchev–Trinajstić information content (AvgIpc) is 2.87. The van der Waals surface area contributed by atoms with Crippen LogP contribution in [-0.2, 0) is 11.2 Å². The van der Waals surface area contributed by atoms with Gasteiger partial charge in [-0.1, -0.05) is 23.7 Å². The van der Waals surface area contributed by atoms with Crippen molar-refractivity contribution in [1.82, 2.24) is 4.98 Å². The largest absolute Gasteiger partial charge is 0.481 e. The average molecular weight is 313 g/mol. The minimum absolute atomic E-state index is 0.164. The molecule has 0 radical (unpaired) electrons. The highest BCUT2D eigenvalue weighted by atomic mass is 35.5. The number of benzene rings is 1. The number of hydrogen-bond donors (Lipinski definition) is 1. The third-order valence-electron chi connectivity index (χ3n) is 2.64. The Morgan fingerprint density at radius 3 is 2.60 bits per heavy atom. The SMILES string of the molecule is O=C(O)C(Cc1ccc(Cl)cc1)c1ncc([N+](=O)[O-])s1. The molecular weight excluding hydrogens is 304 g/mol. The quantitative estimate of drug-likeness (QED) is 0.676. The van der Waals surface area contributed by atoms with E-state index in [9.17, 15) is 20.0 Å². The zero-order valence-corrected chi connectivity index (χ0v) is 11.6. The van der Waals surface area contributed by atoms with Gasteiger partial charge in [-0.15, -0.1) is 0 Å². The first-order chi connectivity index (χ1) is 9.47. The molecule has 104 valence electrons. The van der Waals surface area contributed by atoms with Crippen molar-refractivity contribution in [1.29, 1.82) is 0 Å². The minimum atomic E-state index is -1.07. The summed E-state index contributed by atoms with van der Waals surface area (Å²) in [6.07, 6.45) is 1.29. The minimum Gasteiger partial charge on any atom is -0.481 e. The van der Waals surface area contributed by atoms with Gasteiger partial charge in [0.15, 0.2) is 0 Å². The van der Waals surface area contributed by atoms with E-state index in [2.05, 4.69) is 4.98 Å². The molecule has 2 aromatic rings. The lowest BCUT2D eigenvalue weighted by molar-refractivity contribution is -0.380. The number of carboxylic acids is 1. The topological polar surface area (TPSA) is 93.3 Å². The first-order valence-electron chi connectivity index (χ1n) is 5.54. The van der Waals surface area contributed by atoms with E-state index in [1.807, 2.05) is 0 Å². The summed E-state index contributed by atoms with van der Waals surface area (Å²) in [5.74, 6) is -1.97. The Morgan fingerprint density at radius 1 is 1.45 bits per heavy atom. The molecule has 20 heavy (non-hydrogen) atoms. The maximum Gasteiger partial charge on any atom is 0.343 e. The number of carbonyl (C=O) groups is 1. The van der Waals surface area contributed by atoms with Gasteiger partial charge in [-0.3, -0.25) is 14.9 Å². The van der Waals surface area contributed by atoms with Crippen LogP contribution in [-0.4, -0.2) is 21.0 Å². The van der Waals surface area contributed by atoms with Crippen LogP contribution in [0.25, 0.3) is 0 Å². The second kappa shape index (κ2) is 5.98. The Morgan fingerprint density at radius 2 is 2.10 bits per heavy atom. The summed E-state index contributed by atoms with van der Waals surface area (Å²) >= 11 is 6.55. The van der Waals surface area contributed by atoms with E-state index in [0.717, 1.165) is 23.1 Å². The van der Waals surface area contributed by atoms with Crippen molar-refractivity contribution in [3.05, 3.63) is 56.2 Å². The molecule has 0 aliphatic heterocycles. The number of hydrogen-bond acceptors (Lipinski definition) is 5. The summed E-state index contributed by atoms with van der Waals surface area (Å²) in [4.78, 5) is 25.2. The molecule has 0 amide bonds. The van der Waals surface area contributed by atoms with Gasteiger partial charge in [0.25, 0.3) is 0 Å². The van der Waals surface area contributed by atoms with Crippen LogP contribution in [0.1, 0.15) is 16.5 Å². The lowest BCUT2D eigenvalue weighted by Crippen LogP contribution is -2.14. The molecule has 6 nitrogen and oxygen atoms in total. The predicted octanol–water partition coefficient (Wildman–Crippen LogP) is 3.12. The number of nitrogens with zero attached hydrogens (tertiary/aromatic N) is 2. The van der Waals surface area contributed by atoms with Gasteiger partial charge in [-0.05, 0) is 35.5 Å². The Bertz CT molecular complexity index is 641. The molecule has 0 bridgehead atoms. The van der Waals surface area contributed by atoms with Crippen molar-refractivity contribution in [3.8, 4) is 0 Å². The van der Waals surface area contributed by atoms with E-state index in [1.165, 1.54) is 0 Å². The lowest BCUT2D eigenvalue weighted by atomic mass is 10.0. The van der Waals surface area contributed by atoms with E-state index >= 15 is 0 Å². The summed E-state index contributed by atoms with van der Waals surface area (Å²) in [7, 11) is 0. The molecular formula is C12H9ClN2O4S. The van der Waals surface area contributed by atoms with Gasteiger partial charge in [0.05, 0.1) is 4.92 Å². The monoisotopic (exact) mass is 312 g/mol. The molecule has 0 fully saturated rings. The van der Waals surface area contributed by atoms with Gasteiger partial charge >= 0.3 is 11.0 Å². The Labute approximate surface area is 122 Å². The summed E-state index contributed by atoms with van der Waals surface area (Å²) in [6.45, 7) is 0. The van der Waals surface area contributed by atoms with Crippen LogP contribution >= 0.6 is 22.9 Å². The van der Waals surface area contributed by atoms with Crippen LogP contribution in [0.2, 0.25) is 5.02 Å². The van der Waals surface area contributed by atoms with Crippen LogP contribution in [0.15, 0.2) is 30.5 Å². The molecule has 1 N–H and O–H groups in total. The number of thiazole rings is 1. The third-order valence-corrected chi connectivity index (χ3v) is 3.96. The van der Waals surface area contributed by atoms with Gasteiger partial charge in [-0.2, -0.15) is 0 Å². The van der Waals surface area contributed by atoms with Gasteiger partial charge in [0.1, 0.15) is 17.1 Å². The van der Waals surface area contributed by atoms with E-state index in [4.69, 9.17) is 11.6 Å².